The fourth-order valence-corrected chi connectivity index (χ4v) is 1.86. The molecule has 2 aromatic heterocycles. The first-order valence-electron chi connectivity index (χ1n) is 5.36. The zero-order valence-electron chi connectivity index (χ0n) is 9.09. The number of imidazole rings is 1. The van der Waals surface area contributed by atoms with Crippen LogP contribution in [0.3, 0.4) is 0 Å². The molecule has 0 aromatic carbocycles. The number of aliphatic hydroxyl groups excluding tert-OH is 2. The van der Waals surface area contributed by atoms with Crippen molar-refractivity contribution in [2.75, 3.05) is 13.2 Å². The molecule has 17 heavy (non-hydrogen) atoms. The minimum Gasteiger partial charge on any atom is -0.395 e. The summed E-state index contributed by atoms with van der Waals surface area (Å²) in [4.78, 5) is 15.4. The zero-order valence-corrected chi connectivity index (χ0v) is 9.09. The highest BCUT2D eigenvalue weighted by molar-refractivity contribution is 5.70. The number of aliphatic hydroxyl groups is 2. The number of fused-ring (bicyclic) bond motifs is 1. The van der Waals surface area contributed by atoms with Crippen molar-refractivity contribution in [3.63, 3.8) is 0 Å². The maximum atomic E-state index is 9.18. The van der Waals surface area contributed by atoms with Crippen LogP contribution < -0.4 is 0 Å². The molecule has 6 nitrogen and oxygen atoms in total. The SMILES string of the molecule is OCC1(CO)C/C1=C\c1ncc2[nH]cnc2n1. The standard InChI is InChI=1S/C11H12N4O2/c16-4-11(5-17)2-7(11)1-9-12-3-8-10(15-9)14-6-13-8/h1,3,6,16-17H,2,4-5H2,(H,12,13,14,15)/b7-1+. The van der Waals surface area contributed by atoms with Crippen LogP contribution in [0.1, 0.15) is 12.2 Å². The first-order valence-corrected chi connectivity index (χ1v) is 5.36. The highest BCUT2D eigenvalue weighted by Gasteiger charge is 2.47. The van der Waals surface area contributed by atoms with Gasteiger partial charge in [0.1, 0.15) is 5.52 Å². The molecule has 88 valence electrons. The second kappa shape index (κ2) is 3.61. The summed E-state index contributed by atoms with van der Waals surface area (Å²) in [5, 5.41) is 18.4. The van der Waals surface area contributed by atoms with Gasteiger partial charge in [-0.2, -0.15) is 0 Å². The molecule has 0 unspecified atom stereocenters. The van der Waals surface area contributed by atoms with Crippen LogP contribution >= 0.6 is 0 Å². The highest BCUT2D eigenvalue weighted by Crippen LogP contribution is 2.51. The Hall–Kier alpha value is -1.79. The van der Waals surface area contributed by atoms with Gasteiger partial charge in [0.05, 0.1) is 25.7 Å². The number of nitrogens with one attached hydrogen (secondary N) is 1. The van der Waals surface area contributed by atoms with Gasteiger partial charge >= 0.3 is 0 Å². The molecule has 1 fully saturated rings. The third-order valence-electron chi connectivity index (χ3n) is 3.19. The van der Waals surface area contributed by atoms with E-state index in [0.717, 1.165) is 11.1 Å². The van der Waals surface area contributed by atoms with Crippen molar-refractivity contribution < 1.29 is 10.2 Å². The fourth-order valence-electron chi connectivity index (χ4n) is 1.86. The summed E-state index contributed by atoms with van der Waals surface area (Å²) >= 11 is 0. The normalized spacial score (nSPS) is 20.0. The minimum absolute atomic E-state index is 0.0417. The number of H-pyrrole nitrogens is 1. The van der Waals surface area contributed by atoms with E-state index in [-0.39, 0.29) is 13.2 Å². The van der Waals surface area contributed by atoms with Gasteiger partial charge in [-0.15, -0.1) is 0 Å². The number of hydrogen-bond acceptors (Lipinski definition) is 5. The van der Waals surface area contributed by atoms with Gasteiger partial charge in [0.25, 0.3) is 0 Å². The van der Waals surface area contributed by atoms with E-state index in [4.69, 9.17) is 0 Å². The molecule has 0 saturated heterocycles. The summed E-state index contributed by atoms with van der Waals surface area (Å²) in [5.41, 5.74) is 1.94. The van der Waals surface area contributed by atoms with Crippen LogP contribution in [0.15, 0.2) is 18.1 Å². The van der Waals surface area contributed by atoms with E-state index in [1.54, 1.807) is 18.6 Å². The predicted octanol–water partition coefficient (Wildman–Crippen LogP) is 0.111. The fraction of sp³-hybridized carbons (Fsp3) is 0.364. The van der Waals surface area contributed by atoms with Crippen molar-refractivity contribution in [2.24, 2.45) is 5.41 Å². The van der Waals surface area contributed by atoms with E-state index in [1.165, 1.54) is 0 Å². The molecule has 2 aromatic rings. The van der Waals surface area contributed by atoms with E-state index < -0.39 is 5.41 Å². The zero-order chi connectivity index (χ0) is 11.9. The molecule has 1 saturated carbocycles. The lowest BCUT2D eigenvalue weighted by Crippen LogP contribution is -2.11. The average molecular weight is 232 g/mol. The van der Waals surface area contributed by atoms with Crippen molar-refractivity contribution in [3.05, 3.63) is 23.9 Å². The van der Waals surface area contributed by atoms with Gasteiger partial charge in [0, 0.05) is 5.41 Å². The summed E-state index contributed by atoms with van der Waals surface area (Å²) in [7, 11) is 0. The molecule has 0 aliphatic heterocycles. The third kappa shape index (κ3) is 1.62. The molecule has 1 aliphatic rings. The van der Waals surface area contributed by atoms with E-state index in [9.17, 15) is 10.2 Å². The Balaban J connectivity index is 1.93. The smallest absolute Gasteiger partial charge is 0.181 e. The van der Waals surface area contributed by atoms with Gasteiger partial charge in [0.15, 0.2) is 11.5 Å². The summed E-state index contributed by atoms with van der Waals surface area (Å²) < 4.78 is 0. The first-order chi connectivity index (χ1) is 8.27. The van der Waals surface area contributed by atoms with E-state index >= 15 is 0 Å². The van der Waals surface area contributed by atoms with Gasteiger partial charge in [-0.05, 0) is 12.5 Å². The molecular formula is C11H12N4O2. The average Bonchev–Trinajstić information content (AvgIpc) is 2.84. The molecular weight excluding hydrogens is 220 g/mol. The number of aromatic amines is 1. The molecule has 3 rings (SSSR count). The maximum Gasteiger partial charge on any atom is 0.181 e. The van der Waals surface area contributed by atoms with Crippen molar-refractivity contribution in [3.8, 4) is 0 Å². The van der Waals surface area contributed by atoms with Crippen LogP contribution in [-0.2, 0) is 0 Å². The van der Waals surface area contributed by atoms with Crippen molar-refractivity contribution in [1.82, 2.24) is 19.9 Å². The second-order valence-electron chi connectivity index (χ2n) is 4.31. The summed E-state index contributed by atoms with van der Waals surface area (Å²) in [6.45, 7) is -0.0834. The lowest BCUT2D eigenvalue weighted by molar-refractivity contribution is 0.143. The number of rotatable bonds is 3. The first kappa shape index (κ1) is 10.4. The molecule has 0 spiro atoms. The molecule has 0 bridgehead atoms. The Kier molecular flexibility index (Phi) is 2.20. The maximum absolute atomic E-state index is 9.18. The monoisotopic (exact) mass is 232 g/mol. The van der Waals surface area contributed by atoms with Gasteiger partial charge < -0.3 is 15.2 Å². The quantitative estimate of drug-likeness (QED) is 0.698. The molecule has 2 heterocycles. The largest absolute Gasteiger partial charge is 0.395 e. The molecule has 1 aliphatic carbocycles. The van der Waals surface area contributed by atoms with E-state index in [2.05, 4.69) is 19.9 Å². The Morgan fingerprint density at radius 3 is 2.88 bits per heavy atom. The van der Waals surface area contributed by atoms with Crippen LogP contribution in [0, 0.1) is 5.41 Å². The lowest BCUT2D eigenvalue weighted by atomic mass is 10.1. The number of hydrogen-bond donors (Lipinski definition) is 3. The van der Waals surface area contributed by atoms with Crippen molar-refractivity contribution in [1.29, 1.82) is 0 Å². The molecule has 0 amide bonds. The lowest BCUT2D eigenvalue weighted by Gasteiger charge is -2.04. The van der Waals surface area contributed by atoms with Crippen LogP contribution in [0.25, 0.3) is 17.2 Å². The van der Waals surface area contributed by atoms with Gasteiger partial charge in [-0.1, -0.05) is 5.57 Å². The van der Waals surface area contributed by atoms with Crippen LogP contribution in [0.2, 0.25) is 0 Å². The Morgan fingerprint density at radius 1 is 1.35 bits per heavy atom. The predicted molar refractivity (Wildman–Crippen MR) is 60.9 cm³/mol. The Bertz CT molecular complexity index is 586. The highest BCUT2D eigenvalue weighted by atomic mass is 16.3. The molecule has 0 atom stereocenters. The van der Waals surface area contributed by atoms with Gasteiger partial charge in [0.2, 0.25) is 0 Å². The summed E-state index contributed by atoms with van der Waals surface area (Å²) in [5.74, 6) is 0.559. The second-order valence-corrected chi connectivity index (χ2v) is 4.31. The van der Waals surface area contributed by atoms with Crippen LogP contribution in [-0.4, -0.2) is 43.4 Å². The number of nitrogens with zero attached hydrogens (tertiary/aromatic N) is 3. The van der Waals surface area contributed by atoms with E-state index in [1.807, 2.05) is 0 Å². The Labute approximate surface area is 97.1 Å². The van der Waals surface area contributed by atoms with Crippen LogP contribution in [0.4, 0.5) is 0 Å². The van der Waals surface area contributed by atoms with E-state index in [0.29, 0.717) is 17.9 Å². The van der Waals surface area contributed by atoms with Crippen molar-refractivity contribution in [2.45, 2.75) is 6.42 Å². The minimum atomic E-state index is -0.454. The topological polar surface area (TPSA) is 94.9 Å². The molecule has 0 radical (unpaired) electrons. The third-order valence-corrected chi connectivity index (χ3v) is 3.19. The summed E-state index contributed by atoms with van der Waals surface area (Å²) in [6, 6.07) is 0. The van der Waals surface area contributed by atoms with Crippen molar-refractivity contribution >= 4 is 17.2 Å². The number of aromatic nitrogens is 4. The molecule has 3 N–H and O–H groups in total. The Morgan fingerprint density at radius 2 is 2.18 bits per heavy atom. The van der Waals surface area contributed by atoms with Gasteiger partial charge in [-0.25, -0.2) is 15.0 Å². The summed E-state index contributed by atoms with van der Waals surface area (Å²) in [6.07, 6.45) is 5.74. The van der Waals surface area contributed by atoms with Gasteiger partial charge in [-0.3, -0.25) is 0 Å². The van der Waals surface area contributed by atoms with Crippen LogP contribution in [0.5, 0.6) is 0 Å². The molecule has 6 heteroatoms.